The van der Waals surface area contributed by atoms with Crippen LogP contribution in [-0.4, -0.2) is 35.7 Å². The number of hydrogen-bond donors (Lipinski definition) is 2. The van der Waals surface area contributed by atoms with Crippen LogP contribution in [-0.2, 0) is 21.0 Å². The average Bonchev–Trinajstić information content (AvgIpc) is 3.48. The molecule has 15 heteroatoms. The molecule has 0 saturated heterocycles. The second kappa shape index (κ2) is 10.2. The molecule has 0 saturated carbocycles. The highest BCUT2D eigenvalue weighted by Crippen LogP contribution is 2.33. The average molecular weight is 558 g/mol. The normalized spacial score (nSPS) is 11.8. The fraction of sp³-hybridized carbons (Fsp3) is 0.0952. The Labute approximate surface area is 211 Å². The first kappa shape index (κ1) is 25.5. The number of nitrogens with zero attached hydrogens (tertiary/aromatic N) is 3. The van der Waals surface area contributed by atoms with Gasteiger partial charge in [0.2, 0.25) is 5.88 Å². The van der Waals surface area contributed by atoms with Crippen molar-refractivity contribution in [2.75, 3.05) is 16.6 Å². The van der Waals surface area contributed by atoms with E-state index >= 15 is 0 Å². The SMILES string of the molecule is O=C(COc1cc(C(F)(F)F)nn1-c1ccccc1Cl)Nc1ccc(S(=O)(=O)Nc2nccs2)cc1. The van der Waals surface area contributed by atoms with E-state index in [1.807, 2.05) is 0 Å². The van der Waals surface area contributed by atoms with Crippen LogP contribution in [0.1, 0.15) is 5.69 Å². The molecule has 2 heterocycles. The van der Waals surface area contributed by atoms with Gasteiger partial charge in [-0.15, -0.1) is 11.3 Å². The molecule has 0 atom stereocenters. The Balaban J connectivity index is 1.44. The van der Waals surface area contributed by atoms with Crippen LogP contribution in [0.3, 0.4) is 0 Å². The molecule has 0 aliphatic carbocycles. The third-order valence-corrected chi connectivity index (χ3v) is 6.99. The van der Waals surface area contributed by atoms with Gasteiger partial charge in [0.15, 0.2) is 17.4 Å². The molecule has 0 fully saturated rings. The summed E-state index contributed by atoms with van der Waals surface area (Å²) < 4.78 is 72.9. The topological polar surface area (TPSA) is 115 Å². The van der Waals surface area contributed by atoms with Crippen molar-refractivity contribution < 1.29 is 31.1 Å². The number of rotatable bonds is 8. The van der Waals surface area contributed by atoms with Gasteiger partial charge in [0, 0.05) is 23.3 Å². The summed E-state index contributed by atoms with van der Waals surface area (Å²) in [4.78, 5) is 16.1. The van der Waals surface area contributed by atoms with Crippen LogP contribution < -0.4 is 14.8 Å². The predicted octanol–water partition coefficient (Wildman–Crippen LogP) is 4.82. The molecule has 0 radical (unpaired) electrons. The Morgan fingerprint density at radius 1 is 1.14 bits per heavy atom. The minimum Gasteiger partial charge on any atom is -0.467 e. The van der Waals surface area contributed by atoms with Gasteiger partial charge in [-0.1, -0.05) is 23.7 Å². The van der Waals surface area contributed by atoms with E-state index < -0.39 is 34.4 Å². The van der Waals surface area contributed by atoms with Crippen LogP contribution in [0.2, 0.25) is 5.02 Å². The van der Waals surface area contributed by atoms with Gasteiger partial charge >= 0.3 is 6.18 Å². The minimum atomic E-state index is -4.75. The van der Waals surface area contributed by atoms with Crippen LogP contribution >= 0.6 is 22.9 Å². The Morgan fingerprint density at radius 3 is 2.50 bits per heavy atom. The van der Waals surface area contributed by atoms with Crippen molar-refractivity contribution >= 4 is 49.7 Å². The van der Waals surface area contributed by atoms with Crippen molar-refractivity contribution in [3.63, 3.8) is 0 Å². The Bertz CT molecular complexity index is 1470. The molecule has 188 valence electrons. The molecular weight excluding hydrogens is 543 g/mol. The summed E-state index contributed by atoms with van der Waals surface area (Å²) in [5.41, 5.74) is -0.846. The zero-order valence-electron chi connectivity index (χ0n) is 17.9. The number of carbonyl (C=O) groups is 1. The van der Waals surface area contributed by atoms with Crippen molar-refractivity contribution in [3.05, 3.63) is 76.9 Å². The van der Waals surface area contributed by atoms with Gasteiger partial charge in [-0.25, -0.2) is 13.4 Å². The molecule has 0 aliphatic rings. The lowest BCUT2D eigenvalue weighted by atomic mass is 10.3. The summed E-state index contributed by atoms with van der Waals surface area (Å²) in [5.74, 6) is -1.05. The monoisotopic (exact) mass is 557 g/mol. The highest BCUT2D eigenvalue weighted by atomic mass is 35.5. The molecule has 4 rings (SSSR count). The number of thiazole rings is 1. The number of ether oxygens (including phenoxy) is 1. The number of para-hydroxylation sites is 1. The fourth-order valence-electron chi connectivity index (χ4n) is 2.90. The Kier molecular flexibility index (Phi) is 7.19. The lowest BCUT2D eigenvalue weighted by Gasteiger charge is -2.11. The van der Waals surface area contributed by atoms with Crippen LogP contribution in [0.4, 0.5) is 24.0 Å². The minimum absolute atomic E-state index is 0.0599. The molecule has 9 nitrogen and oxygen atoms in total. The molecule has 2 aromatic heterocycles. The molecule has 36 heavy (non-hydrogen) atoms. The van der Waals surface area contributed by atoms with Crippen molar-refractivity contribution in [3.8, 4) is 11.6 Å². The summed E-state index contributed by atoms with van der Waals surface area (Å²) in [7, 11) is -3.87. The van der Waals surface area contributed by atoms with Gasteiger partial charge in [-0.05, 0) is 36.4 Å². The van der Waals surface area contributed by atoms with Gasteiger partial charge in [0.1, 0.15) is 0 Å². The number of aromatic nitrogens is 3. The molecule has 0 spiro atoms. The van der Waals surface area contributed by atoms with Gasteiger partial charge in [0.25, 0.3) is 15.9 Å². The van der Waals surface area contributed by atoms with Crippen LogP contribution in [0.25, 0.3) is 5.69 Å². The predicted molar refractivity (Wildman–Crippen MR) is 127 cm³/mol. The summed E-state index contributed by atoms with van der Waals surface area (Å²) >= 11 is 7.20. The van der Waals surface area contributed by atoms with E-state index in [1.165, 1.54) is 42.6 Å². The van der Waals surface area contributed by atoms with Crippen molar-refractivity contribution in [2.45, 2.75) is 11.1 Å². The number of carbonyl (C=O) groups excluding carboxylic acids is 1. The number of halogens is 4. The van der Waals surface area contributed by atoms with Crippen LogP contribution in [0, 0.1) is 0 Å². The number of alkyl halides is 3. The Hall–Kier alpha value is -3.62. The van der Waals surface area contributed by atoms with E-state index in [4.69, 9.17) is 16.3 Å². The van der Waals surface area contributed by atoms with E-state index in [2.05, 4.69) is 20.1 Å². The highest BCUT2D eigenvalue weighted by Gasteiger charge is 2.36. The fourth-order valence-corrected chi connectivity index (χ4v) is 4.91. The first-order valence-corrected chi connectivity index (χ1v) is 12.6. The molecule has 2 N–H and O–H groups in total. The second-order valence-corrected chi connectivity index (χ2v) is 10.0. The zero-order chi connectivity index (χ0) is 25.9. The maximum atomic E-state index is 13.2. The summed E-state index contributed by atoms with van der Waals surface area (Å²) in [5, 5.41) is 7.94. The van der Waals surface area contributed by atoms with Gasteiger partial charge in [-0.2, -0.15) is 23.0 Å². The van der Waals surface area contributed by atoms with Gasteiger partial charge in [-0.3, -0.25) is 9.52 Å². The van der Waals surface area contributed by atoms with Gasteiger partial charge in [0.05, 0.1) is 15.6 Å². The highest BCUT2D eigenvalue weighted by molar-refractivity contribution is 7.93. The summed E-state index contributed by atoms with van der Waals surface area (Å²) in [6.07, 6.45) is -3.29. The molecule has 0 unspecified atom stereocenters. The van der Waals surface area contributed by atoms with Crippen LogP contribution in [0.5, 0.6) is 5.88 Å². The van der Waals surface area contributed by atoms with Crippen molar-refractivity contribution in [1.82, 2.24) is 14.8 Å². The standard InChI is InChI=1S/C21H15ClF3N5O4S2/c22-15-3-1-2-4-16(15)30-19(11-17(28-30)21(23,24)25)34-12-18(31)27-13-5-7-14(8-6-13)36(32,33)29-20-26-9-10-35-20/h1-11H,12H2,(H,26,29)(H,27,31). The third kappa shape index (κ3) is 5.95. The molecule has 0 bridgehead atoms. The third-order valence-electron chi connectivity index (χ3n) is 4.50. The van der Waals surface area contributed by atoms with E-state index in [0.717, 1.165) is 16.0 Å². The number of amides is 1. The molecule has 1 amide bonds. The number of nitrogens with one attached hydrogen (secondary N) is 2. The summed E-state index contributed by atoms with van der Waals surface area (Å²) in [6, 6.07) is 12.0. The van der Waals surface area contributed by atoms with Crippen LogP contribution in [0.15, 0.2) is 71.1 Å². The number of anilines is 2. The van der Waals surface area contributed by atoms with E-state index in [9.17, 15) is 26.4 Å². The second-order valence-electron chi connectivity index (χ2n) is 7.03. The lowest BCUT2D eigenvalue weighted by Crippen LogP contribution is -2.21. The number of benzene rings is 2. The Morgan fingerprint density at radius 2 is 1.86 bits per heavy atom. The number of sulfonamides is 1. The largest absolute Gasteiger partial charge is 0.467 e. The maximum absolute atomic E-state index is 13.2. The maximum Gasteiger partial charge on any atom is 0.435 e. The molecule has 0 aliphatic heterocycles. The van der Waals surface area contributed by atoms with Crippen molar-refractivity contribution in [1.29, 1.82) is 0 Å². The van der Waals surface area contributed by atoms with E-state index in [1.54, 1.807) is 17.5 Å². The first-order chi connectivity index (χ1) is 17.0. The molecular formula is C21H15ClF3N5O4S2. The van der Waals surface area contributed by atoms with Crippen molar-refractivity contribution in [2.24, 2.45) is 0 Å². The van der Waals surface area contributed by atoms with E-state index in [0.29, 0.717) is 6.07 Å². The number of hydrogen-bond acceptors (Lipinski definition) is 7. The quantitative estimate of drug-likeness (QED) is 0.321. The molecule has 4 aromatic rings. The molecule has 2 aromatic carbocycles. The zero-order valence-corrected chi connectivity index (χ0v) is 20.2. The first-order valence-electron chi connectivity index (χ1n) is 9.90. The smallest absolute Gasteiger partial charge is 0.435 e. The van der Waals surface area contributed by atoms with Gasteiger partial charge < -0.3 is 10.1 Å². The lowest BCUT2D eigenvalue weighted by molar-refractivity contribution is -0.141. The summed E-state index contributed by atoms with van der Waals surface area (Å²) in [6.45, 7) is -0.654. The van der Waals surface area contributed by atoms with E-state index in [-0.39, 0.29) is 32.3 Å².